The molecule has 19 heavy (non-hydrogen) atoms. The molecule has 0 aliphatic carbocycles. The Balaban J connectivity index is 1.78. The highest BCUT2D eigenvalue weighted by Crippen LogP contribution is 2.18. The van der Waals surface area contributed by atoms with Crippen LogP contribution in [0.1, 0.15) is 24.9 Å². The Labute approximate surface area is 109 Å². The van der Waals surface area contributed by atoms with Gasteiger partial charge in [-0.1, -0.05) is 6.07 Å². The minimum Gasteiger partial charge on any atom is -0.354 e. The number of aromatic amines is 2. The van der Waals surface area contributed by atoms with Crippen LogP contribution in [-0.4, -0.2) is 28.5 Å². The lowest BCUT2D eigenvalue weighted by Crippen LogP contribution is -2.33. The van der Waals surface area contributed by atoms with Crippen LogP contribution in [0.5, 0.6) is 0 Å². The van der Waals surface area contributed by atoms with Gasteiger partial charge in [-0.2, -0.15) is 0 Å². The van der Waals surface area contributed by atoms with E-state index in [2.05, 4.69) is 27.5 Å². The van der Waals surface area contributed by atoms with E-state index in [4.69, 9.17) is 0 Å². The van der Waals surface area contributed by atoms with Gasteiger partial charge in [0.2, 0.25) is 5.91 Å². The Hall–Kier alpha value is -2.08. The fraction of sp³-hybridized carbons (Fsp3) is 0.385. The van der Waals surface area contributed by atoms with Crippen LogP contribution in [-0.2, 0) is 4.79 Å². The van der Waals surface area contributed by atoms with Crippen molar-refractivity contribution >= 4 is 16.9 Å². The SMILES string of the molecule is CC(NC1CNC(=O)C1)c1ccc2[nH]c(=O)[nH]c2c1. The molecule has 1 aliphatic rings. The first-order valence-electron chi connectivity index (χ1n) is 6.36. The van der Waals surface area contributed by atoms with Crippen molar-refractivity contribution < 1.29 is 4.79 Å². The normalized spacial score (nSPS) is 20.7. The van der Waals surface area contributed by atoms with Gasteiger partial charge in [-0.05, 0) is 24.6 Å². The Morgan fingerprint density at radius 2 is 2.05 bits per heavy atom. The summed E-state index contributed by atoms with van der Waals surface area (Å²) in [5.41, 5.74) is 2.50. The summed E-state index contributed by atoms with van der Waals surface area (Å²) in [6, 6.07) is 6.12. The van der Waals surface area contributed by atoms with Gasteiger partial charge in [0, 0.05) is 25.0 Å². The standard InChI is InChI=1S/C13H16N4O2/c1-7(15-9-5-12(18)14-6-9)8-2-3-10-11(4-8)17-13(19)16-10/h2-4,7,9,15H,5-6H2,1H3,(H,14,18)(H2,16,17,19). The van der Waals surface area contributed by atoms with Gasteiger partial charge in [0.1, 0.15) is 0 Å². The molecule has 1 fully saturated rings. The van der Waals surface area contributed by atoms with Crippen molar-refractivity contribution in [2.45, 2.75) is 25.4 Å². The minimum atomic E-state index is -0.196. The number of rotatable bonds is 3. The number of aromatic nitrogens is 2. The molecule has 4 N–H and O–H groups in total. The van der Waals surface area contributed by atoms with Crippen LogP contribution < -0.4 is 16.3 Å². The van der Waals surface area contributed by atoms with E-state index in [9.17, 15) is 9.59 Å². The maximum Gasteiger partial charge on any atom is 0.323 e. The van der Waals surface area contributed by atoms with Crippen LogP contribution in [0.15, 0.2) is 23.0 Å². The summed E-state index contributed by atoms with van der Waals surface area (Å²) >= 11 is 0. The second-order valence-electron chi connectivity index (χ2n) is 4.98. The van der Waals surface area contributed by atoms with Gasteiger partial charge in [-0.3, -0.25) is 4.79 Å². The van der Waals surface area contributed by atoms with Crippen molar-refractivity contribution in [1.29, 1.82) is 0 Å². The molecular formula is C13H16N4O2. The Morgan fingerprint density at radius 1 is 1.26 bits per heavy atom. The number of H-pyrrole nitrogens is 2. The van der Waals surface area contributed by atoms with E-state index in [1.165, 1.54) is 0 Å². The largest absolute Gasteiger partial charge is 0.354 e. The first-order valence-corrected chi connectivity index (χ1v) is 6.36. The summed E-state index contributed by atoms with van der Waals surface area (Å²) < 4.78 is 0. The first kappa shape index (κ1) is 12.0. The van der Waals surface area contributed by atoms with Gasteiger partial charge in [0.25, 0.3) is 0 Å². The molecule has 2 unspecified atom stereocenters. The molecular weight excluding hydrogens is 244 g/mol. The highest BCUT2D eigenvalue weighted by atomic mass is 16.2. The van der Waals surface area contributed by atoms with Gasteiger partial charge in [0.15, 0.2) is 0 Å². The summed E-state index contributed by atoms with van der Waals surface area (Å²) in [5.74, 6) is 0.0927. The van der Waals surface area contributed by atoms with E-state index in [0.717, 1.165) is 16.6 Å². The molecule has 2 aromatic rings. The zero-order valence-corrected chi connectivity index (χ0v) is 10.6. The lowest BCUT2D eigenvalue weighted by Gasteiger charge is -2.18. The number of nitrogens with one attached hydrogen (secondary N) is 4. The number of benzene rings is 1. The molecule has 3 rings (SSSR count). The molecule has 0 spiro atoms. The van der Waals surface area contributed by atoms with Crippen LogP contribution in [0.3, 0.4) is 0 Å². The van der Waals surface area contributed by atoms with Crippen molar-refractivity contribution in [2.24, 2.45) is 0 Å². The monoisotopic (exact) mass is 260 g/mol. The molecule has 1 saturated heterocycles. The number of hydrogen-bond acceptors (Lipinski definition) is 3. The van der Waals surface area contributed by atoms with Crippen molar-refractivity contribution in [1.82, 2.24) is 20.6 Å². The third-order valence-electron chi connectivity index (χ3n) is 3.50. The van der Waals surface area contributed by atoms with Gasteiger partial charge < -0.3 is 20.6 Å². The van der Waals surface area contributed by atoms with E-state index in [0.29, 0.717) is 13.0 Å². The zero-order chi connectivity index (χ0) is 13.4. The lowest BCUT2D eigenvalue weighted by molar-refractivity contribution is -0.119. The maximum atomic E-state index is 11.2. The van der Waals surface area contributed by atoms with Gasteiger partial charge in [-0.15, -0.1) is 0 Å². The summed E-state index contributed by atoms with van der Waals surface area (Å²) in [6.45, 7) is 2.72. The van der Waals surface area contributed by atoms with Gasteiger partial charge >= 0.3 is 5.69 Å². The van der Waals surface area contributed by atoms with Crippen LogP contribution in [0.25, 0.3) is 11.0 Å². The van der Waals surface area contributed by atoms with E-state index in [-0.39, 0.29) is 23.7 Å². The zero-order valence-electron chi connectivity index (χ0n) is 10.6. The summed E-state index contributed by atoms with van der Waals surface area (Å²) in [4.78, 5) is 27.8. The maximum absolute atomic E-state index is 11.2. The fourth-order valence-corrected chi connectivity index (χ4v) is 2.49. The Bertz CT molecular complexity index is 673. The van der Waals surface area contributed by atoms with Gasteiger partial charge in [-0.25, -0.2) is 4.79 Å². The number of carbonyl (C=O) groups excluding carboxylic acids is 1. The van der Waals surface area contributed by atoms with E-state index >= 15 is 0 Å². The average molecular weight is 260 g/mol. The molecule has 100 valence electrons. The number of imidazole rings is 1. The van der Waals surface area contributed by atoms with Crippen molar-refractivity contribution in [2.75, 3.05) is 6.54 Å². The summed E-state index contributed by atoms with van der Waals surface area (Å²) in [7, 11) is 0. The van der Waals surface area contributed by atoms with Crippen LogP contribution in [0.2, 0.25) is 0 Å². The predicted octanol–water partition coefficient (Wildman–Crippen LogP) is 0.395. The molecule has 1 aliphatic heterocycles. The summed E-state index contributed by atoms with van der Waals surface area (Å²) in [6.07, 6.45) is 0.521. The number of hydrogen-bond donors (Lipinski definition) is 4. The predicted molar refractivity (Wildman–Crippen MR) is 71.9 cm³/mol. The highest BCUT2D eigenvalue weighted by molar-refractivity contribution is 5.79. The molecule has 1 aromatic heterocycles. The third-order valence-corrected chi connectivity index (χ3v) is 3.50. The molecule has 1 amide bonds. The van der Waals surface area contributed by atoms with Crippen LogP contribution in [0, 0.1) is 0 Å². The summed E-state index contributed by atoms with van der Waals surface area (Å²) in [5, 5.41) is 6.22. The van der Waals surface area contributed by atoms with E-state index < -0.39 is 0 Å². The average Bonchev–Trinajstić information content (AvgIpc) is 2.93. The Kier molecular flexibility index (Phi) is 2.87. The second-order valence-corrected chi connectivity index (χ2v) is 4.98. The molecule has 0 radical (unpaired) electrons. The highest BCUT2D eigenvalue weighted by Gasteiger charge is 2.22. The third kappa shape index (κ3) is 2.39. The number of carbonyl (C=O) groups is 1. The molecule has 2 heterocycles. The van der Waals surface area contributed by atoms with Crippen molar-refractivity contribution in [3.05, 3.63) is 34.2 Å². The lowest BCUT2D eigenvalue weighted by atomic mass is 10.1. The van der Waals surface area contributed by atoms with Crippen molar-refractivity contribution in [3.63, 3.8) is 0 Å². The number of fused-ring (bicyclic) bond motifs is 1. The molecule has 1 aromatic carbocycles. The fourth-order valence-electron chi connectivity index (χ4n) is 2.49. The topological polar surface area (TPSA) is 89.8 Å². The van der Waals surface area contributed by atoms with Crippen molar-refractivity contribution in [3.8, 4) is 0 Å². The van der Waals surface area contributed by atoms with Gasteiger partial charge in [0.05, 0.1) is 11.0 Å². The molecule has 6 heteroatoms. The van der Waals surface area contributed by atoms with E-state index in [1.807, 2.05) is 18.2 Å². The Morgan fingerprint density at radius 3 is 2.79 bits per heavy atom. The quantitative estimate of drug-likeness (QED) is 0.644. The second kappa shape index (κ2) is 4.55. The molecule has 2 atom stereocenters. The van der Waals surface area contributed by atoms with Crippen LogP contribution >= 0.6 is 0 Å². The first-order chi connectivity index (χ1) is 9.11. The minimum absolute atomic E-state index is 0.0927. The van der Waals surface area contributed by atoms with E-state index in [1.54, 1.807) is 0 Å². The number of amides is 1. The van der Waals surface area contributed by atoms with Crippen LogP contribution in [0.4, 0.5) is 0 Å². The molecule has 6 nitrogen and oxygen atoms in total. The molecule has 0 bridgehead atoms. The molecule has 0 saturated carbocycles. The smallest absolute Gasteiger partial charge is 0.323 e.